The highest BCUT2D eigenvalue weighted by molar-refractivity contribution is 7.89. The van der Waals surface area contributed by atoms with Crippen molar-refractivity contribution in [1.29, 1.82) is 0 Å². The molecule has 1 aromatic carbocycles. The third kappa shape index (κ3) is 4.42. The van der Waals surface area contributed by atoms with Crippen LogP contribution in [0.4, 0.5) is 4.39 Å². The molecule has 26 heavy (non-hydrogen) atoms. The molecule has 1 aromatic rings. The van der Waals surface area contributed by atoms with Crippen molar-refractivity contribution in [2.75, 3.05) is 45.8 Å². The molecule has 2 heterocycles. The van der Waals surface area contributed by atoms with Gasteiger partial charge in [0.05, 0.1) is 18.0 Å². The Morgan fingerprint density at radius 1 is 1.27 bits per heavy atom. The Hall–Kier alpha value is -1.51. The molecule has 1 unspecified atom stereocenters. The maximum absolute atomic E-state index is 13.3. The number of quaternary nitrogens is 1. The molecule has 2 saturated heterocycles. The number of rotatable bonds is 4. The number of amides is 1. The number of benzene rings is 1. The second-order valence-electron chi connectivity index (χ2n) is 7.37. The second-order valence-corrected chi connectivity index (χ2v) is 9.31. The number of sulfonamides is 1. The number of nitrogens with one attached hydrogen (secondary N) is 1. The van der Waals surface area contributed by atoms with Crippen LogP contribution in [-0.4, -0.2) is 69.3 Å². The Bertz CT molecular complexity index is 748. The van der Waals surface area contributed by atoms with Crippen LogP contribution in [0.3, 0.4) is 0 Å². The molecule has 6 nitrogen and oxygen atoms in total. The number of nitrogens with zero attached hydrogens (tertiary/aromatic N) is 2. The average molecular weight is 384 g/mol. The van der Waals surface area contributed by atoms with Crippen molar-refractivity contribution in [2.45, 2.75) is 24.7 Å². The van der Waals surface area contributed by atoms with Crippen LogP contribution in [0, 0.1) is 11.7 Å². The quantitative estimate of drug-likeness (QED) is 0.793. The molecule has 0 aliphatic carbocycles. The molecule has 0 aromatic heterocycles. The predicted octanol–water partition coefficient (Wildman–Crippen LogP) is -0.0266. The smallest absolute Gasteiger partial charge is 0.277 e. The normalized spacial score (nSPS) is 25.2. The number of halogens is 1. The Morgan fingerprint density at radius 3 is 2.65 bits per heavy atom. The number of hydrogen-bond donors (Lipinski definition) is 1. The molecule has 2 fully saturated rings. The third-order valence-corrected chi connectivity index (χ3v) is 7.19. The minimum Gasteiger partial charge on any atom is -0.335 e. The summed E-state index contributed by atoms with van der Waals surface area (Å²) >= 11 is 0. The summed E-state index contributed by atoms with van der Waals surface area (Å²) in [4.78, 5) is 15.6. The van der Waals surface area contributed by atoms with E-state index >= 15 is 0 Å². The van der Waals surface area contributed by atoms with Crippen molar-refractivity contribution in [3.63, 3.8) is 0 Å². The van der Waals surface area contributed by atoms with Crippen LogP contribution in [0.2, 0.25) is 0 Å². The van der Waals surface area contributed by atoms with Gasteiger partial charge in [0.1, 0.15) is 5.82 Å². The number of piperazine rings is 1. The van der Waals surface area contributed by atoms with Gasteiger partial charge < -0.3 is 9.80 Å². The third-order valence-electron chi connectivity index (χ3n) is 5.29. The van der Waals surface area contributed by atoms with Gasteiger partial charge in [-0.2, -0.15) is 4.31 Å². The summed E-state index contributed by atoms with van der Waals surface area (Å²) in [7, 11) is -3.72. The monoisotopic (exact) mass is 384 g/mol. The first-order valence-corrected chi connectivity index (χ1v) is 10.7. The van der Waals surface area contributed by atoms with Crippen LogP contribution in [-0.2, 0) is 14.8 Å². The van der Waals surface area contributed by atoms with Crippen LogP contribution in [0.5, 0.6) is 0 Å². The largest absolute Gasteiger partial charge is 0.335 e. The summed E-state index contributed by atoms with van der Waals surface area (Å²) in [6.45, 7) is 6.03. The lowest BCUT2D eigenvalue weighted by Crippen LogP contribution is -3.14. The van der Waals surface area contributed by atoms with Gasteiger partial charge in [-0.1, -0.05) is 13.0 Å². The first-order valence-electron chi connectivity index (χ1n) is 9.23. The van der Waals surface area contributed by atoms with Gasteiger partial charge in [-0.25, -0.2) is 12.8 Å². The topological polar surface area (TPSA) is 62.1 Å². The number of carbonyl (C=O) groups is 1. The molecule has 144 valence electrons. The Balaban J connectivity index is 1.56. The van der Waals surface area contributed by atoms with Crippen molar-refractivity contribution in [2.24, 2.45) is 5.92 Å². The minimum atomic E-state index is -3.72. The zero-order valence-electron chi connectivity index (χ0n) is 15.2. The van der Waals surface area contributed by atoms with Gasteiger partial charge in [0.15, 0.2) is 6.54 Å². The molecule has 1 amide bonds. The van der Waals surface area contributed by atoms with Crippen molar-refractivity contribution in [3.8, 4) is 0 Å². The highest BCUT2D eigenvalue weighted by atomic mass is 32.2. The van der Waals surface area contributed by atoms with E-state index in [1.165, 1.54) is 33.8 Å². The minimum absolute atomic E-state index is 0.0379. The summed E-state index contributed by atoms with van der Waals surface area (Å²) in [5.74, 6) is 0.176. The molecular weight excluding hydrogens is 357 g/mol. The van der Waals surface area contributed by atoms with E-state index in [1.807, 2.05) is 0 Å². The lowest BCUT2D eigenvalue weighted by Gasteiger charge is -2.35. The average Bonchev–Trinajstić information content (AvgIpc) is 2.62. The van der Waals surface area contributed by atoms with Gasteiger partial charge in [-0.15, -0.1) is 0 Å². The summed E-state index contributed by atoms with van der Waals surface area (Å²) in [6.07, 6.45) is 2.39. The van der Waals surface area contributed by atoms with Gasteiger partial charge in [0, 0.05) is 32.1 Å². The fraction of sp³-hybridized carbons (Fsp3) is 0.611. The highest BCUT2D eigenvalue weighted by Crippen LogP contribution is 2.18. The molecule has 2 aliphatic heterocycles. The first-order chi connectivity index (χ1) is 12.4. The van der Waals surface area contributed by atoms with E-state index in [1.54, 1.807) is 4.90 Å². The SMILES string of the molecule is C[C@@H]1CCC[NH+](CC(=O)N2CCN(S(=O)(=O)c3cccc(F)c3)CC2)C1. The Labute approximate surface area is 154 Å². The van der Waals surface area contributed by atoms with E-state index in [0.717, 1.165) is 25.6 Å². The fourth-order valence-corrected chi connectivity index (χ4v) is 5.29. The number of likely N-dealkylation sites (tertiary alicyclic amines) is 1. The predicted molar refractivity (Wildman–Crippen MR) is 95.7 cm³/mol. The summed E-state index contributed by atoms with van der Waals surface area (Å²) < 4.78 is 39.9. The van der Waals surface area contributed by atoms with Crippen molar-refractivity contribution >= 4 is 15.9 Å². The maximum Gasteiger partial charge on any atom is 0.277 e. The molecule has 2 atom stereocenters. The van der Waals surface area contributed by atoms with E-state index < -0.39 is 15.8 Å². The highest BCUT2D eigenvalue weighted by Gasteiger charge is 2.32. The van der Waals surface area contributed by atoms with E-state index in [9.17, 15) is 17.6 Å². The summed E-state index contributed by atoms with van der Waals surface area (Å²) in [6, 6.07) is 5.05. The molecule has 8 heteroatoms. The molecule has 0 radical (unpaired) electrons. The molecule has 0 saturated carbocycles. The van der Waals surface area contributed by atoms with Crippen LogP contribution < -0.4 is 4.90 Å². The molecular formula is C18H27FN3O3S+. The summed E-state index contributed by atoms with van der Waals surface area (Å²) in [5, 5.41) is 0. The molecule has 2 aliphatic rings. The van der Waals surface area contributed by atoms with Gasteiger partial charge >= 0.3 is 0 Å². The van der Waals surface area contributed by atoms with Crippen LogP contribution in [0.25, 0.3) is 0 Å². The van der Waals surface area contributed by atoms with Gasteiger partial charge in [0.25, 0.3) is 5.91 Å². The van der Waals surface area contributed by atoms with E-state index in [4.69, 9.17) is 0 Å². The molecule has 0 spiro atoms. The van der Waals surface area contributed by atoms with Crippen LogP contribution >= 0.6 is 0 Å². The van der Waals surface area contributed by atoms with E-state index in [0.29, 0.717) is 25.6 Å². The standard InChI is InChI=1S/C18H26FN3O3S/c1-15-4-3-7-20(13-15)14-18(23)21-8-10-22(11-9-21)26(24,25)17-6-2-5-16(19)12-17/h2,5-6,12,15H,3-4,7-11,13-14H2,1H3/p+1/t15-/m1/s1. The second kappa shape index (κ2) is 8.02. The van der Waals surface area contributed by atoms with Crippen molar-refractivity contribution in [1.82, 2.24) is 9.21 Å². The Kier molecular flexibility index (Phi) is 5.94. The van der Waals surface area contributed by atoms with Crippen molar-refractivity contribution in [3.05, 3.63) is 30.1 Å². The fourth-order valence-electron chi connectivity index (χ4n) is 3.84. The van der Waals surface area contributed by atoms with Crippen molar-refractivity contribution < 1.29 is 22.5 Å². The Morgan fingerprint density at radius 2 is 2.00 bits per heavy atom. The molecule has 0 bridgehead atoms. The number of piperidine rings is 1. The molecule has 3 rings (SSSR count). The van der Waals surface area contributed by atoms with E-state index in [-0.39, 0.29) is 23.9 Å². The first kappa shape index (κ1) is 19.3. The molecule has 1 N–H and O–H groups in total. The summed E-state index contributed by atoms with van der Waals surface area (Å²) in [5.41, 5.74) is 0. The number of hydrogen-bond acceptors (Lipinski definition) is 3. The maximum atomic E-state index is 13.3. The van der Waals surface area contributed by atoms with Gasteiger partial charge in [-0.3, -0.25) is 4.79 Å². The van der Waals surface area contributed by atoms with Crippen LogP contribution in [0.15, 0.2) is 29.2 Å². The van der Waals surface area contributed by atoms with Crippen LogP contribution in [0.1, 0.15) is 19.8 Å². The number of carbonyl (C=O) groups excluding carboxylic acids is 1. The van der Waals surface area contributed by atoms with Gasteiger partial charge in [0.2, 0.25) is 10.0 Å². The van der Waals surface area contributed by atoms with Gasteiger partial charge in [-0.05, 0) is 31.0 Å². The zero-order chi connectivity index (χ0) is 18.7. The van der Waals surface area contributed by atoms with E-state index in [2.05, 4.69) is 6.92 Å². The lowest BCUT2D eigenvalue weighted by atomic mass is 10.0. The zero-order valence-corrected chi connectivity index (χ0v) is 16.0. The lowest BCUT2D eigenvalue weighted by molar-refractivity contribution is -0.900.